The predicted octanol–water partition coefficient (Wildman–Crippen LogP) is 2.89. The monoisotopic (exact) mass is 408 g/mol. The molecule has 30 heavy (non-hydrogen) atoms. The number of amides is 1. The fraction of sp³-hybridized carbons (Fsp3) is 0.273. The van der Waals surface area contributed by atoms with Crippen LogP contribution in [0.4, 0.5) is 5.69 Å². The number of esters is 1. The van der Waals surface area contributed by atoms with Crippen molar-refractivity contribution in [2.24, 2.45) is 0 Å². The molecular formula is C22H24N4O4. The van der Waals surface area contributed by atoms with Crippen LogP contribution in [-0.4, -0.2) is 41.1 Å². The number of carbonyl (C=O) groups is 2. The Morgan fingerprint density at radius 3 is 2.63 bits per heavy atom. The van der Waals surface area contributed by atoms with Crippen molar-refractivity contribution in [1.29, 1.82) is 0 Å². The third kappa shape index (κ3) is 4.48. The highest BCUT2D eigenvalue weighted by Crippen LogP contribution is 2.33. The number of carbonyl (C=O) groups excluding carboxylic acids is 2. The zero-order valence-electron chi connectivity index (χ0n) is 17.1. The number of pyridine rings is 2. The van der Waals surface area contributed by atoms with Crippen molar-refractivity contribution < 1.29 is 19.1 Å². The normalized spacial score (nSPS) is 11.7. The number of aryl methyl sites for hydroxylation is 1. The van der Waals surface area contributed by atoms with Gasteiger partial charge < -0.3 is 20.5 Å². The number of nitrogens with zero attached hydrogens (tertiary/aromatic N) is 2. The average molecular weight is 408 g/mol. The molecular weight excluding hydrogens is 384 g/mol. The van der Waals surface area contributed by atoms with Crippen LogP contribution < -0.4 is 15.8 Å². The molecule has 0 radical (unpaired) electrons. The Morgan fingerprint density at radius 2 is 1.93 bits per heavy atom. The molecule has 3 rings (SSSR count). The van der Waals surface area contributed by atoms with E-state index >= 15 is 0 Å². The number of hydrogen-bond acceptors (Lipinski definition) is 7. The summed E-state index contributed by atoms with van der Waals surface area (Å²) < 4.78 is 11.0. The van der Waals surface area contributed by atoms with Crippen molar-refractivity contribution in [3.05, 3.63) is 59.5 Å². The molecule has 1 amide bonds. The van der Waals surface area contributed by atoms with Crippen LogP contribution in [0.15, 0.2) is 42.7 Å². The first-order valence-electron chi connectivity index (χ1n) is 9.62. The minimum Gasteiger partial charge on any atom is -0.491 e. The van der Waals surface area contributed by atoms with Gasteiger partial charge in [0.1, 0.15) is 17.9 Å². The SMILES string of the molecule is CCOC(=O)c1c(C)nc2cccc(OC[C@@H](C)NC(=O)c3ccncc3)c2c1N. The molecule has 8 nitrogen and oxygen atoms in total. The first-order chi connectivity index (χ1) is 14.4. The van der Waals surface area contributed by atoms with Gasteiger partial charge >= 0.3 is 5.97 Å². The van der Waals surface area contributed by atoms with Crippen molar-refractivity contribution in [2.75, 3.05) is 18.9 Å². The van der Waals surface area contributed by atoms with Crippen LogP contribution >= 0.6 is 0 Å². The third-order valence-electron chi connectivity index (χ3n) is 4.48. The van der Waals surface area contributed by atoms with Crippen molar-refractivity contribution in [3.8, 4) is 5.75 Å². The number of hydrogen-bond donors (Lipinski definition) is 2. The number of aromatic nitrogens is 2. The van der Waals surface area contributed by atoms with Crippen LogP contribution in [0.25, 0.3) is 10.9 Å². The molecule has 156 valence electrons. The Morgan fingerprint density at radius 1 is 1.20 bits per heavy atom. The van der Waals surface area contributed by atoms with E-state index in [9.17, 15) is 9.59 Å². The molecule has 8 heteroatoms. The molecule has 0 spiro atoms. The number of ether oxygens (including phenoxy) is 2. The van der Waals surface area contributed by atoms with Crippen LogP contribution in [0.5, 0.6) is 5.75 Å². The van der Waals surface area contributed by atoms with Gasteiger partial charge in [0.05, 0.1) is 34.9 Å². The van der Waals surface area contributed by atoms with Gasteiger partial charge in [-0.3, -0.25) is 14.8 Å². The second-order valence-electron chi connectivity index (χ2n) is 6.78. The molecule has 2 heterocycles. The minimum absolute atomic E-state index is 0.206. The van der Waals surface area contributed by atoms with E-state index in [-0.39, 0.29) is 36.4 Å². The molecule has 0 saturated heterocycles. The van der Waals surface area contributed by atoms with E-state index in [1.807, 2.05) is 6.92 Å². The minimum atomic E-state index is -0.519. The molecule has 0 aliphatic carbocycles. The standard InChI is InChI=1S/C22H24N4O4/c1-4-29-22(28)18-14(3)26-16-6-5-7-17(19(16)20(18)23)30-12-13(2)25-21(27)15-8-10-24-11-9-15/h5-11,13H,4,12H2,1-3H3,(H2,23,26)(H,25,27)/t13-/m1/s1. The molecule has 1 aromatic carbocycles. The summed E-state index contributed by atoms with van der Waals surface area (Å²) in [5, 5.41) is 3.41. The van der Waals surface area contributed by atoms with Crippen molar-refractivity contribution in [1.82, 2.24) is 15.3 Å². The predicted molar refractivity (Wildman–Crippen MR) is 114 cm³/mol. The molecule has 0 unspecified atom stereocenters. The first kappa shape index (κ1) is 21.0. The van der Waals surface area contributed by atoms with Crippen LogP contribution in [-0.2, 0) is 4.74 Å². The van der Waals surface area contributed by atoms with E-state index in [1.54, 1.807) is 56.6 Å². The maximum atomic E-state index is 12.3. The summed E-state index contributed by atoms with van der Waals surface area (Å²) in [5.41, 5.74) is 8.45. The fourth-order valence-electron chi connectivity index (χ4n) is 3.09. The second kappa shape index (κ2) is 9.21. The summed E-state index contributed by atoms with van der Waals surface area (Å²) in [4.78, 5) is 33.0. The molecule has 0 bridgehead atoms. The Labute approximate surface area is 174 Å². The summed E-state index contributed by atoms with van der Waals surface area (Å²) >= 11 is 0. The van der Waals surface area contributed by atoms with E-state index in [1.165, 1.54) is 0 Å². The summed E-state index contributed by atoms with van der Waals surface area (Å²) in [6.45, 7) is 5.72. The number of fused-ring (bicyclic) bond motifs is 1. The highest BCUT2D eigenvalue weighted by molar-refractivity contribution is 6.07. The third-order valence-corrected chi connectivity index (χ3v) is 4.48. The molecule has 3 aromatic rings. The molecule has 1 atom stereocenters. The van der Waals surface area contributed by atoms with Gasteiger partial charge in [0.25, 0.3) is 5.91 Å². The number of anilines is 1. The highest BCUT2D eigenvalue weighted by Gasteiger charge is 2.21. The lowest BCUT2D eigenvalue weighted by Gasteiger charge is -2.18. The molecule has 0 aliphatic rings. The van der Waals surface area contributed by atoms with Gasteiger partial charge in [0, 0.05) is 18.0 Å². The maximum Gasteiger partial charge on any atom is 0.342 e. The second-order valence-corrected chi connectivity index (χ2v) is 6.78. The van der Waals surface area contributed by atoms with Crippen LogP contribution in [0.1, 0.15) is 40.3 Å². The molecule has 0 fully saturated rings. The van der Waals surface area contributed by atoms with E-state index in [0.29, 0.717) is 27.9 Å². The molecule has 3 N–H and O–H groups in total. The van der Waals surface area contributed by atoms with Gasteiger partial charge in [-0.05, 0) is 45.0 Å². The average Bonchev–Trinajstić information content (AvgIpc) is 2.72. The lowest BCUT2D eigenvalue weighted by atomic mass is 10.1. The van der Waals surface area contributed by atoms with Gasteiger partial charge in [-0.15, -0.1) is 0 Å². The number of nitrogens with two attached hydrogens (primary N) is 1. The van der Waals surface area contributed by atoms with Crippen molar-refractivity contribution >= 4 is 28.5 Å². The highest BCUT2D eigenvalue weighted by atomic mass is 16.5. The topological polar surface area (TPSA) is 116 Å². The Balaban J connectivity index is 1.81. The Kier molecular flexibility index (Phi) is 6.46. The zero-order chi connectivity index (χ0) is 21.7. The summed E-state index contributed by atoms with van der Waals surface area (Å²) in [6.07, 6.45) is 3.12. The van der Waals surface area contributed by atoms with Gasteiger partial charge in [-0.1, -0.05) is 6.07 Å². The summed E-state index contributed by atoms with van der Waals surface area (Å²) in [7, 11) is 0. The first-order valence-corrected chi connectivity index (χ1v) is 9.62. The number of rotatable bonds is 7. The Bertz CT molecular complexity index is 1070. The fourth-order valence-corrected chi connectivity index (χ4v) is 3.09. The van der Waals surface area contributed by atoms with Crippen molar-refractivity contribution in [2.45, 2.75) is 26.8 Å². The van der Waals surface area contributed by atoms with Crippen LogP contribution in [0.3, 0.4) is 0 Å². The number of nitrogens with one attached hydrogen (secondary N) is 1. The zero-order valence-corrected chi connectivity index (χ0v) is 17.1. The van der Waals surface area contributed by atoms with Gasteiger partial charge in [0.2, 0.25) is 0 Å². The summed E-state index contributed by atoms with van der Waals surface area (Å²) in [6, 6.07) is 8.36. The molecule has 0 aliphatic heterocycles. The Hall–Kier alpha value is -3.68. The largest absolute Gasteiger partial charge is 0.491 e. The van der Waals surface area contributed by atoms with Crippen LogP contribution in [0, 0.1) is 6.92 Å². The maximum absolute atomic E-state index is 12.3. The van der Waals surface area contributed by atoms with Gasteiger partial charge in [0.15, 0.2) is 0 Å². The lowest BCUT2D eigenvalue weighted by Crippen LogP contribution is -2.36. The van der Waals surface area contributed by atoms with E-state index in [0.717, 1.165) is 0 Å². The van der Waals surface area contributed by atoms with Crippen molar-refractivity contribution in [3.63, 3.8) is 0 Å². The van der Waals surface area contributed by atoms with E-state index < -0.39 is 5.97 Å². The summed E-state index contributed by atoms with van der Waals surface area (Å²) in [5.74, 6) is -0.254. The van der Waals surface area contributed by atoms with E-state index in [2.05, 4.69) is 15.3 Å². The molecule has 2 aromatic heterocycles. The quantitative estimate of drug-likeness (QED) is 0.577. The van der Waals surface area contributed by atoms with Gasteiger partial charge in [-0.25, -0.2) is 4.79 Å². The number of benzene rings is 1. The van der Waals surface area contributed by atoms with E-state index in [4.69, 9.17) is 15.2 Å². The van der Waals surface area contributed by atoms with Gasteiger partial charge in [-0.2, -0.15) is 0 Å². The number of nitrogen functional groups attached to an aromatic ring is 1. The lowest BCUT2D eigenvalue weighted by molar-refractivity contribution is 0.0526. The molecule has 0 saturated carbocycles. The smallest absolute Gasteiger partial charge is 0.342 e. The van der Waals surface area contributed by atoms with Crippen LogP contribution in [0.2, 0.25) is 0 Å².